The van der Waals surface area contributed by atoms with E-state index in [1.54, 1.807) is 43.8 Å². The Kier molecular flexibility index (Phi) is 5.93. The summed E-state index contributed by atoms with van der Waals surface area (Å²) in [5.74, 6) is 0.893. The summed E-state index contributed by atoms with van der Waals surface area (Å²) in [7, 11) is 1.60. The topological polar surface area (TPSA) is 90.7 Å². The van der Waals surface area contributed by atoms with Gasteiger partial charge >= 0.3 is 5.63 Å². The summed E-state index contributed by atoms with van der Waals surface area (Å²) in [6.45, 7) is 0.210. The molecule has 0 spiro atoms. The van der Waals surface area contributed by atoms with Crippen molar-refractivity contribution < 1.29 is 18.7 Å². The zero-order valence-electron chi connectivity index (χ0n) is 16.8. The fourth-order valence-corrected chi connectivity index (χ4v) is 3.15. The number of hydrogen-bond donors (Lipinski definition) is 1. The average molecular weight is 416 g/mol. The summed E-state index contributed by atoms with van der Waals surface area (Å²) in [6.07, 6.45) is 3.36. The molecule has 7 nitrogen and oxygen atoms in total. The van der Waals surface area contributed by atoms with Crippen LogP contribution in [0, 0.1) is 0 Å². The molecule has 0 unspecified atom stereocenters. The molecule has 2 aromatic heterocycles. The van der Waals surface area contributed by atoms with Gasteiger partial charge in [-0.1, -0.05) is 18.2 Å². The molecule has 0 bridgehead atoms. The number of hydrogen-bond acceptors (Lipinski definition) is 6. The maximum Gasteiger partial charge on any atom is 0.336 e. The van der Waals surface area contributed by atoms with Crippen molar-refractivity contribution in [3.8, 4) is 22.6 Å². The molecule has 4 rings (SSSR count). The third-order valence-corrected chi connectivity index (χ3v) is 4.70. The van der Waals surface area contributed by atoms with Crippen LogP contribution >= 0.6 is 0 Å². The smallest absolute Gasteiger partial charge is 0.336 e. The Hall–Kier alpha value is -4.13. The lowest BCUT2D eigenvalue weighted by molar-refractivity contribution is -0.123. The fourth-order valence-electron chi connectivity index (χ4n) is 3.15. The van der Waals surface area contributed by atoms with Crippen LogP contribution < -0.4 is 20.4 Å². The van der Waals surface area contributed by atoms with Gasteiger partial charge in [0.15, 0.2) is 6.61 Å². The molecule has 31 heavy (non-hydrogen) atoms. The van der Waals surface area contributed by atoms with E-state index in [1.807, 2.05) is 30.3 Å². The Morgan fingerprint density at radius 3 is 2.61 bits per heavy atom. The van der Waals surface area contributed by atoms with Gasteiger partial charge in [0.05, 0.1) is 7.11 Å². The zero-order chi connectivity index (χ0) is 21.6. The molecule has 2 aromatic carbocycles. The summed E-state index contributed by atoms with van der Waals surface area (Å²) >= 11 is 0. The highest BCUT2D eigenvalue weighted by atomic mass is 16.5. The largest absolute Gasteiger partial charge is 0.497 e. The molecule has 4 aromatic rings. The van der Waals surface area contributed by atoms with Crippen LogP contribution in [0.2, 0.25) is 0 Å². The van der Waals surface area contributed by atoms with E-state index in [1.165, 1.54) is 6.07 Å². The Morgan fingerprint density at radius 2 is 1.87 bits per heavy atom. The fraction of sp³-hybridized carbons (Fsp3) is 0.125. The van der Waals surface area contributed by atoms with Crippen LogP contribution in [-0.2, 0) is 11.3 Å². The van der Waals surface area contributed by atoms with Crippen LogP contribution in [0.4, 0.5) is 0 Å². The zero-order valence-corrected chi connectivity index (χ0v) is 16.8. The van der Waals surface area contributed by atoms with Gasteiger partial charge in [0.1, 0.15) is 17.1 Å². The van der Waals surface area contributed by atoms with Crippen molar-refractivity contribution in [3.05, 3.63) is 89.0 Å². The van der Waals surface area contributed by atoms with Gasteiger partial charge in [-0.05, 0) is 47.0 Å². The average Bonchev–Trinajstić information content (AvgIpc) is 2.81. The van der Waals surface area contributed by atoms with Crippen molar-refractivity contribution in [2.75, 3.05) is 13.7 Å². The van der Waals surface area contributed by atoms with E-state index in [0.717, 1.165) is 27.8 Å². The number of ether oxygens (including phenoxy) is 2. The monoisotopic (exact) mass is 416 g/mol. The Labute approximate surface area is 178 Å². The normalized spacial score (nSPS) is 10.6. The van der Waals surface area contributed by atoms with Crippen molar-refractivity contribution >= 4 is 16.9 Å². The summed E-state index contributed by atoms with van der Waals surface area (Å²) in [5.41, 5.74) is 2.42. The predicted octanol–water partition coefficient (Wildman–Crippen LogP) is 3.56. The van der Waals surface area contributed by atoms with E-state index in [-0.39, 0.29) is 12.5 Å². The van der Waals surface area contributed by atoms with E-state index < -0.39 is 5.63 Å². The maximum atomic E-state index is 12.1. The Bertz CT molecular complexity index is 1250. The number of aromatic nitrogens is 1. The van der Waals surface area contributed by atoms with Crippen molar-refractivity contribution in [1.82, 2.24) is 10.3 Å². The molecule has 2 heterocycles. The molecule has 0 saturated carbocycles. The number of fused-ring (bicyclic) bond motifs is 1. The molecule has 7 heteroatoms. The third-order valence-electron chi connectivity index (χ3n) is 4.70. The minimum Gasteiger partial charge on any atom is -0.497 e. The lowest BCUT2D eigenvalue weighted by atomic mass is 10.0. The minimum atomic E-state index is -0.468. The number of pyridine rings is 1. The maximum absolute atomic E-state index is 12.1. The molecular formula is C24H20N2O5. The molecule has 0 aliphatic carbocycles. The second-order valence-electron chi connectivity index (χ2n) is 6.79. The number of benzene rings is 2. The summed E-state index contributed by atoms with van der Waals surface area (Å²) in [4.78, 5) is 28.2. The van der Waals surface area contributed by atoms with Gasteiger partial charge in [0.25, 0.3) is 5.91 Å². The van der Waals surface area contributed by atoms with Crippen molar-refractivity contribution in [1.29, 1.82) is 0 Å². The number of carbonyl (C=O) groups excluding carboxylic acids is 1. The number of amides is 1. The van der Waals surface area contributed by atoms with Crippen LogP contribution in [0.15, 0.2) is 82.3 Å². The minimum absolute atomic E-state index is 0.159. The highest BCUT2D eigenvalue weighted by Gasteiger charge is 2.10. The van der Waals surface area contributed by atoms with E-state index in [9.17, 15) is 9.59 Å². The molecule has 0 saturated heterocycles. The van der Waals surface area contributed by atoms with Gasteiger partial charge in [0, 0.05) is 36.5 Å². The van der Waals surface area contributed by atoms with Gasteiger partial charge in [-0.25, -0.2) is 4.79 Å². The van der Waals surface area contributed by atoms with Gasteiger partial charge in [-0.2, -0.15) is 0 Å². The number of carbonyl (C=O) groups is 1. The van der Waals surface area contributed by atoms with Gasteiger partial charge in [-0.3, -0.25) is 9.78 Å². The molecular weight excluding hydrogens is 396 g/mol. The lowest BCUT2D eigenvalue weighted by Gasteiger charge is -2.10. The standard InChI is InChI=1S/C24H20N2O5/c1-29-18-6-4-17(5-7-18)21-12-24(28)31-22-11-19(8-9-20(21)22)30-15-23(27)26-14-16-3-2-10-25-13-16/h2-13H,14-15H2,1H3,(H,26,27). The molecule has 0 aliphatic heterocycles. The molecule has 156 valence electrons. The lowest BCUT2D eigenvalue weighted by Crippen LogP contribution is -2.28. The van der Waals surface area contributed by atoms with Gasteiger partial charge in [-0.15, -0.1) is 0 Å². The van der Waals surface area contributed by atoms with E-state index in [0.29, 0.717) is 17.9 Å². The quantitative estimate of drug-likeness (QED) is 0.463. The second-order valence-corrected chi connectivity index (χ2v) is 6.79. The van der Waals surface area contributed by atoms with Crippen LogP contribution in [-0.4, -0.2) is 24.6 Å². The summed E-state index contributed by atoms with van der Waals surface area (Å²) in [5, 5.41) is 3.53. The van der Waals surface area contributed by atoms with E-state index in [2.05, 4.69) is 10.3 Å². The molecule has 0 aliphatic rings. The molecule has 0 atom stereocenters. The van der Waals surface area contributed by atoms with Crippen molar-refractivity contribution in [3.63, 3.8) is 0 Å². The van der Waals surface area contributed by atoms with E-state index in [4.69, 9.17) is 13.9 Å². The van der Waals surface area contributed by atoms with Crippen LogP contribution in [0.3, 0.4) is 0 Å². The Balaban J connectivity index is 1.49. The van der Waals surface area contributed by atoms with Crippen molar-refractivity contribution in [2.24, 2.45) is 0 Å². The third kappa shape index (κ3) is 4.90. The highest BCUT2D eigenvalue weighted by Crippen LogP contribution is 2.30. The molecule has 1 N–H and O–H groups in total. The number of nitrogens with zero attached hydrogens (tertiary/aromatic N) is 1. The highest BCUT2D eigenvalue weighted by molar-refractivity contribution is 5.93. The first-order chi connectivity index (χ1) is 15.1. The van der Waals surface area contributed by atoms with Gasteiger partial charge in [0.2, 0.25) is 0 Å². The van der Waals surface area contributed by atoms with E-state index >= 15 is 0 Å². The first-order valence-electron chi connectivity index (χ1n) is 9.63. The molecule has 1 amide bonds. The first kappa shape index (κ1) is 20.2. The first-order valence-corrected chi connectivity index (χ1v) is 9.63. The predicted molar refractivity (Wildman–Crippen MR) is 116 cm³/mol. The van der Waals surface area contributed by atoms with Crippen LogP contribution in [0.1, 0.15) is 5.56 Å². The summed E-state index contributed by atoms with van der Waals surface area (Å²) < 4.78 is 16.1. The van der Waals surface area contributed by atoms with Crippen LogP contribution in [0.25, 0.3) is 22.1 Å². The number of methoxy groups -OCH3 is 1. The summed E-state index contributed by atoms with van der Waals surface area (Å²) in [6, 6.07) is 17.7. The molecule has 0 fully saturated rings. The molecule has 0 radical (unpaired) electrons. The van der Waals surface area contributed by atoms with Gasteiger partial charge < -0.3 is 19.2 Å². The number of nitrogens with one attached hydrogen (secondary N) is 1. The second kappa shape index (κ2) is 9.13. The Morgan fingerprint density at radius 1 is 1.06 bits per heavy atom. The van der Waals surface area contributed by atoms with Crippen LogP contribution in [0.5, 0.6) is 11.5 Å². The number of rotatable bonds is 7. The SMILES string of the molecule is COc1ccc(-c2cc(=O)oc3cc(OCC(=O)NCc4cccnc4)ccc23)cc1. The van der Waals surface area contributed by atoms with Crippen molar-refractivity contribution in [2.45, 2.75) is 6.54 Å².